The number of Topliss-reactive ketones (excluding diaryl/α,β-unsaturated/α-hetero) is 1. The van der Waals surface area contributed by atoms with Gasteiger partial charge in [-0.1, -0.05) is 16.3 Å². The van der Waals surface area contributed by atoms with Crippen molar-refractivity contribution in [3.05, 3.63) is 0 Å². The molecule has 2 bridgehead atoms. The van der Waals surface area contributed by atoms with E-state index in [1.165, 1.54) is 0 Å². The predicted molar refractivity (Wildman–Crippen MR) is 49.0 cm³/mol. The number of hydrogen-bond donors (Lipinski definition) is 1. The highest BCUT2D eigenvalue weighted by Crippen LogP contribution is 2.45. The number of aliphatic carboxylic acids is 1. The Morgan fingerprint density at radius 3 is 2.77 bits per heavy atom. The summed E-state index contributed by atoms with van der Waals surface area (Å²) < 4.78 is 1.75. The van der Waals surface area contributed by atoms with Crippen LogP contribution in [-0.2, 0) is 9.59 Å². The zero-order valence-corrected chi connectivity index (χ0v) is 8.46. The molecule has 13 heavy (non-hydrogen) atoms. The molecule has 0 aromatic rings. The molecule has 5 atom stereocenters. The van der Waals surface area contributed by atoms with Crippen LogP contribution in [0.1, 0.15) is 13.3 Å². The summed E-state index contributed by atoms with van der Waals surface area (Å²) in [6.45, 7) is 1.88. The molecular weight excluding hydrogens is 189 g/mol. The van der Waals surface area contributed by atoms with Gasteiger partial charge in [-0.2, -0.15) is 0 Å². The predicted octanol–water partition coefficient (Wildman–Crippen LogP) is 0.139. The van der Waals surface area contributed by atoms with E-state index in [2.05, 4.69) is 9.39 Å². The quantitative estimate of drug-likeness (QED) is 0.613. The van der Waals surface area contributed by atoms with E-state index >= 15 is 0 Å². The lowest BCUT2D eigenvalue weighted by molar-refractivity contribution is -0.146. The highest BCUT2D eigenvalue weighted by Gasteiger charge is 2.56. The van der Waals surface area contributed by atoms with Crippen LogP contribution >= 0.6 is 9.39 Å². The Morgan fingerprint density at radius 2 is 2.31 bits per heavy atom. The Hall–Kier alpha value is -0.470. The molecule has 1 saturated heterocycles. The van der Waals surface area contributed by atoms with Crippen molar-refractivity contribution in [1.82, 2.24) is 4.67 Å². The summed E-state index contributed by atoms with van der Waals surface area (Å²) in [4.78, 5) is 22.4. The topological polar surface area (TPSA) is 57.6 Å². The van der Waals surface area contributed by atoms with Gasteiger partial charge in [-0.25, -0.2) is 0 Å². The van der Waals surface area contributed by atoms with Gasteiger partial charge < -0.3 is 5.11 Å². The average molecular weight is 201 g/mol. The van der Waals surface area contributed by atoms with Crippen molar-refractivity contribution in [2.75, 3.05) is 0 Å². The third-order valence-corrected chi connectivity index (χ3v) is 3.93. The largest absolute Gasteiger partial charge is 0.480 e. The summed E-state index contributed by atoms with van der Waals surface area (Å²) in [5.41, 5.74) is 0. The molecule has 0 aromatic carbocycles. The van der Waals surface area contributed by atoms with Crippen LogP contribution in [0.15, 0.2) is 0 Å². The Kier molecular flexibility index (Phi) is 1.93. The van der Waals surface area contributed by atoms with Gasteiger partial charge >= 0.3 is 5.97 Å². The molecule has 2 aliphatic rings. The Morgan fingerprint density at radius 1 is 1.69 bits per heavy atom. The number of fused-ring (bicyclic) bond motifs is 2. The molecule has 72 valence electrons. The summed E-state index contributed by atoms with van der Waals surface area (Å²) in [6, 6.07) is -0.498. The van der Waals surface area contributed by atoms with Gasteiger partial charge in [-0.3, -0.25) is 14.3 Å². The van der Waals surface area contributed by atoms with E-state index in [1.54, 1.807) is 4.67 Å². The molecule has 0 aromatic heterocycles. The van der Waals surface area contributed by atoms with E-state index in [4.69, 9.17) is 5.11 Å². The second kappa shape index (κ2) is 2.76. The first-order valence-electron chi connectivity index (χ1n) is 4.33. The number of piperidine rings is 1. The molecule has 1 aliphatic carbocycles. The number of ketones is 1. The fraction of sp³-hybridized carbons (Fsp3) is 0.750. The van der Waals surface area contributed by atoms with Gasteiger partial charge in [-0.15, -0.1) is 0 Å². The number of hydrogen-bond acceptors (Lipinski definition) is 3. The lowest BCUT2D eigenvalue weighted by Crippen LogP contribution is -2.47. The molecule has 1 aliphatic heterocycles. The fourth-order valence-electron chi connectivity index (χ4n) is 2.49. The SMILES string of the molecule is CC1C(=O)[C@H]2C[C@@H]1N(P)C2C(=O)O. The number of carboxylic acid groups (broad SMARTS) is 1. The normalized spacial score (nSPS) is 44.3. The van der Waals surface area contributed by atoms with Gasteiger partial charge in [0.2, 0.25) is 0 Å². The summed E-state index contributed by atoms with van der Waals surface area (Å²) >= 11 is 0. The van der Waals surface area contributed by atoms with E-state index in [-0.39, 0.29) is 23.7 Å². The fourth-order valence-corrected chi connectivity index (χ4v) is 3.20. The van der Waals surface area contributed by atoms with Crippen LogP contribution in [0, 0.1) is 11.8 Å². The maximum atomic E-state index is 11.5. The van der Waals surface area contributed by atoms with Crippen molar-refractivity contribution < 1.29 is 14.7 Å². The summed E-state index contributed by atoms with van der Waals surface area (Å²) in [7, 11) is 2.43. The van der Waals surface area contributed by atoms with Crippen molar-refractivity contribution in [1.29, 1.82) is 0 Å². The Bertz CT molecular complexity index is 281. The molecule has 5 heteroatoms. The Labute approximate surface area is 78.5 Å². The van der Waals surface area contributed by atoms with Gasteiger partial charge in [0.25, 0.3) is 0 Å². The van der Waals surface area contributed by atoms with Crippen LogP contribution in [0.4, 0.5) is 0 Å². The minimum absolute atomic E-state index is 0.00176. The average Bonchev–Trinajstić information content (AvgIpc) is 2.50. The summed E-state index contributed by atoms with van der Waals surface area (Å²) in [5.74, 6) is -1.05. The van der Waals surface area contributed by atoms with E-state index in [9.17, 15) is 9.59 Å². The third kappa shape index (κ3) is 1.05. The van der Waals surface area contributed by atoms with Crippen LogP contribution in [0.5, 0.6) is 0 Å². The first kappa shape index (κ1) is 9.10. The number of nitrogens with zero attached hydrogens (tertiary/aromatic N) is 1. The number of carbonyl (C=O) groups is 2. The molecule has 1 saturated carbocycles. The van der Waals surface area contributed by atoms with Gasteiger partial charge in [0.05, 0.1) is 0 Å². The molecule has 0 amide bonds. The number of carbonyl (C=O) groups excluding carboxylic acids is 1. The second-order valence-corrected chi connectivity index (χ2v) is 4.43. The summed E-state index contributed by atoms with van der Waals surface area (Å²) in [6.07, 6.45) is 0.709. The minimum Gasteiger partial charge on any atom is -0.480 e. The molecule has 1 N–H and O–H groups in total. The van der Waals surface area contributed by atoms with Gasteiger partial charge in [-0.05, 0) is 6.42 Å². The molecular formula is C8H12NO3P. The molecule has 4 nitrogen and oxygen atoms in total. The van der Waals surface area contributed by atoms with Gasteiger partial charge in [0.1, 0.15) is 11.8 Å². The minimum atomic E-state index is -0.886. The summed E-state index contributed by atoms with van der Waals surface area (Å²) in [5, 5.41) is 8.90. The van der Waals surface area contributed by atoms with Crippen molar-refractivity contribution in [2.45, 2.75) is 25.4 Å². The van der Waals surface area contributed by atoms with Crippen LogP contribution < -0.4 is 0 Å². The van der Waals surface area contributed by atoms with Crippen LogP contribution in [0.25, 0.3) is 0 Å². The highest BCUT2D eigenvalue weighted by molar-refractivity contribution is 7.13. The number of carboxylic acids is 1. The molecule has 2 fully saturated rings. The van der Waals surface area contributed by atoms with Crippen LogP contribution in [-0.4, -0.2) is 33.6 Å². The lowest BCUT2D eigenvalue weighted by atomic mass is 9.94. The van der Waals surface area contributed by atoms with Crippen molar-refractivity contribution in [2.24, 2.45) is 11.8 Å². The maximum Gasteiger partial charge on any atom is 0.321 e. The molecule has 0 radical (unpaired) electrons. The van der Waals surface area contributed by atoms with E-state index < -0.39 is 12.0 Å². The Balaban J connectivity index is 2.29. The van der Waals surface area contributed by atoms with Crippen molar-refractivity contribution >= 4 is 21.1 Å². The van der Waals surface area contributed by atoms with Crippen molar-refractivity contribution in [3.63, 3.8) is 0 Å². The lowest BCUT2D eigenvalue weighted by Gasteiger charge is -2.31. The van der Waals surface area contributed by atoms with E-state index in [1.807, 2.05) is 6.92 Å². The maximum absolute atomic E-state index is 11.5. The van der Waals surface area contributed by atoms with Gasteiger partial charge in [0, 0.05) is 17.9 Å². The van der Waals surface area contributed by atoms with Crippen LogP contribution in [0.3, 0.4) is 0 Å². The smallest absolute Gasteiger partial charge is 0.321 e. The molecule has 3 unspecified atom stereocenters. The highest BCUT2D eigenvalue weighted by atomic mass is 31.0. The molecule has 0 spiro atoms. The standard InChI is InChI=1S/C8H12NO3P/c1-3-5-2-4(7(3)10)6(8(11)12)9(5)13/h3-6H,2,13H2,1H3,(H,11,12)/t3?,4-,5-,6?/m0/s1. The first-order valence-corrected chi connectivity index (χ1v) is 4.85. The second-order valence-electron chi connectivity index (χ2n) is 3.83. The van der Waals surface area contributed by atoms with E-state index in [0.717, 1.165) is 0 Å². The van der Waals surface area contributed by atoms with E-state index in [0.29, 0.717) is 6.42 Å². The number of rotatable bonds is 1. The molecule has 1 heterocycles. The van der Waals surface area contributed by atoms with Crippen molar-refractivity contribution in [3.8, 4) is 0 Å². The van der Waals surface area contributed by atoms with Gasteiger partial charge in [0.15, 0.2) is 0 Å². The van der Waals surface area contributed by atoms with Crippen LogP contribution in [0.2, 0.25) is 0 Å². The first-order chi connectivity index (χ1) is 6.04. The zero-order chi connectivity index (χ0) is 9.75. The molecule has 2 rings (SSSR count). The monoisotopic (exact) mass is 201 g/mol. The zero-order valence-electron chi connectivity index (χ0n) is 7.30. The third-order valence-electron chi connectivity index (χ3n) is 3.23.